The Morgan fingerprint density at radius 2 is 2.04 bits per heavy atom. The van der Waals surface area contributed by atoms with Gasteiger partial charge in [-0.25, -0.2) is 4.68 Å². The number of nitrogens with one attached hydrogen (secondary N) is 1. The van der Waals surface area contributed by atoms with Gasteiger partial charge in [0, 0.05) is 32.7 Å². The van der Waals surface area contributed by atoms with Crippen LogP contribution in [-0.2, 0) is 18.3 Å². The maximum absolute atomic E-state index is 12.5. The molecule has 1 aliphatic rings. The first kappa shape index (κ1) is 19.7. The fourth-order valence-corrected chi connectivity index (χ4v) is 3.45. The second-order valence-electron chi connectivity index (χ2n) is 6.78. The van der Waals surface area contributed by atoms with Crippen LogP contribution in [0.1, 0.15) is 29.3 Å². The van der Waals surface area contributed by atoms with Crippen molar-refractivity contribution in [3.05, 3.63) is 47.2 Å². The van der Waals surface area contributed by atoms with Gasteiger partial charge in [-0.15, -0.1) is 0 Å². The molecule has 3 rings (SSSR count). The molecule has 2 atom stereocenters. The molecule has 1 aromatic heterocycles. The van der Waals surface area contributed by atoms with E-state index in [0.717, 1.165) is 12.0 Å². The number of alkyl halides is 3. The molecule has 2 heterocycles. The molecule has 1 aliphatic heterocycles. The van der Waals surface area contributed by atoms with E-state index in [4.69, 9.17) is 9.47 Å². The van der Waals surface area contributed by atoms with Crippen LogP contribution in [0.5, 0.6) is 5.88 Å². The van der Waals surface area contributed by atoms with Crippen molar-refractivity contribution in [3.8, 4) is 5.88 Å². The van der Waals surface area contributed by atoms with E-state index in [1.165, 1.54) is 4.68 Å². The number of hydrogen-bond donors (Lipinski definition) is 1. The van der Waals surface area contributed by atoms with Gasteiger partial charge in [-0.3, -0.25) is 0 Å². The van der Waals surface area contributed by atoms with Crippen LogP contribution < -0.4 is 10.1 Å². The number of nitrogens with zero attached hydrogens (tertiary/aromatic N) is 2. The second-order valence-corrected chi connectivity index (χ2v) is 6.78. The highest BCUT2D eigenvalue weighted by molar-refractivity contribution is 5.31. The minimum Gasteiger partial charge on any atom is -0.468 e. The molecule has 0 amide bonds. The van der Waals surface area contributed by atoms with Crippen LogP contribution >= 0.6 is 0 Å². The Bertz CT molecular complexity index is 747. The lowest BCUT2D eigenvalue weighted by atomic mass is 9.95. The number of ether oxygens (including phenoxy) is 2. The van der Waals surface area contributed by atoms with Crippen molar-refractivity contribution in [2.24, 2.45) is 13.0 Å². The third-order valence-corrected chi connectivity index (χ3v) is 4.71. The van der Waals surface area contributed by atoms with E-state index in [0.29, 0.717) is 36.9 Å². The Labute approximate surface area is 156 Å². The quantitative estimate of drug-likeness (QED) is 0.795. The second kappa shape index (κ2) is 8.31. The number of benzene rings is 1. The third-order valence-electron chi connectivity index (χ3n) is 4.71. The maximum Gasteiger partial charge on any atom is 0.422 e. The van der Waals surface area contributed by atoms with Crippen LogP contribution in [0, 0.1) is 12.8 Å². The van der Waals surface area contributed by atoms with E-state index < -0.39 is 12.8 Å². The van der Waals surface area contributed by atoms with E-state index >= 15 is 0 Å². The molecule has 0 radical (unpaired) electrons. The number of aryl methyl sites for hydroxylation is 2. The van der Waals surface area contributed by atoms with Crippen molar-refractivity contribution in [2.45, 2.75) is 32.2 Å². The summed E-state index contributed by atoms with van der Waals surface area (Å²) in [6.45, 7) is 2.24. The van der Waals surface area contributed by atoms with Crippen LogP contribution in [0.25, 0.3) is 0 Å². The van der Waals surface area contributed by atoms with Crippen LogP contribution in [0.2, 0.25) is 0 Å². The van der Waals surface area contributed by atoms with Gasteiger partial charge in [0.25, 0.3) is 0 Å². The number of hydrogen-bond acceptors (Lipinski definition) is 4. The van der Waals surface area contributed by atoms with Crippen LogP contribution in [0.15, 0.2) is 30.3 Å². The van der Waals surface area contributed by atoms with Gasteiger partial charge in [0.2, 0.25) is 5.88 Å². The molecule has 5 nitrogen and oxygen atoms in total. The molecule has 27 heavy (non-hydrogen) atoms. The molecule has 0 unspecified atom stereocenters. The Hall–Kier alpha value is -2.06. The molecule has 0 bridgehead atoms. The topological polar surface area (TPSA) is 48.3 Å². The zero-order valence-corrected chi connectivity index (χ0v) is 15.4. The van der Waals surface area contributed by atoms with E-state index in [2.05, 4.69) is 22.5 Å². The minimum atomic E-state index is -4.38. The van der Waals surface area contributed by atoms with Crippen molar-refractivity contribution < 1.29 is 22.6 Å². The Morgan fingerprint density at radius 3 is 2.74 bits per heavy atom. The summed E-state index contributed by atoms with van der Waals surface area (Å²) < 4.78 is 49.7. The van der Waals surface area contributed by atoms with Crippen molar-refractivity contribution in [2.75, 3.05) is 19.8 Å². The molecule has 1 N–H and O–H groups in total. The SMILES string of the molecule is Cc1nn(C)c(OCC(F)(F)F)c1CNC[C@H]1CCO[C@@H]1c1ccccc1. The smallest absolute Gasteiger partial charge is 0.422 e. The van der Waals surface area contributed by atoms with Crippen LogP contribution in [-0.4, -0.2) is 35.7 Å². The van der Waals surface area contributed by atoms with Gasteiger partial charge in [0.15, 0.2) is 6.61 Å². The van der Waals surface area contributed by atoms with Gasteiger partial charge in [-0.2, -0.15) is 18.3 Å². The van der Waals surface area contributed by atoms with Crippen molar-refractivity contribution in [1.82, 2.24) is 15.1 Å². The standard InChI is InChI=1S/C19H24F3N3O2/c1-13-16(18(25(2)24-13)27-12-19(20,21)22)11-23-10-15-8-9-26-17(15)14-6-4-3-5-7-14/h3-7,15,17,23H,8-12H2,1-2H3/t15-,17-/m1/s1. The summed E-state index contributed by atoms with van der Waals surface area (Å²) in [6, 6.07) is 10.1. The number of rotatable bonds is 7. The Balaban J connectivity index is 1.60. The fraction of sp³-hybridized carbons (Fsp3) is 0.526. The van der Waals surface area contributed by atoms with Gasteiger partial charge in [0.1, 0.15) is 0 Å². The van der Waals surface area contributed by atoms with Crippen molar-refractivity contribution >= 4 is 0 Å². The molecule has 1 saturated heterocycles. The van der Waals surface area contributed by atoms with Crippen molar-refractivity contribution in [1.29, 1.82) is 0 Å². The lowest BCUT2D eigenvalue weighted by molar-refractivity contribution is -0.154. The normalized spacial score (nSPS) is 20.2. The Kier molecular flexibility index (Phi) is 6.06. The summed E-state index contributed by atoms with van der Waals surface area (Å²) in [5.41, 5.74) is 2.45. The molecule has 8 heteroatoms. The predicted molar refractivity (Wildman–Crippen MR) is 94.4 cm³/mol. The van der Waals surface area contributed by atoms with Gasteiger partial charge in [-0.05, 0) is 18.9 Å². The van der Waals surface area contributed by atoms with Gasteiger partial charge in [-0.1, -0.05) is 30.3 Å². The molecular formula is C19H24F3N3O2. The molecule has 0 saturated carbocycles. The molecule has 0 spiro atoms. The lowest BCUT2D eigenvalue weighted by Gasteiger charge is -2.19. The largest absolute Gasteiger partial charge is 0.468 e. The first-order valence-electron chi connectivity index (χ1n) is 8.94. The monoisotopic (exact) mass is 383 g/mol. The first-order valence-corrected chi connectivity index (χ1v) is 8.94. The third kappa shape index (κ3) is 5.01. The predicted octanol–water partition coefficient (Wildman–Crippen LogP) is 3.54. The molecular weight excluding hydrogens is 359 g/mol. The molecule has 148 valence electrons. The van der Waals surface area contributed by atoms with E-state index in [9.17, 15) is 13.2 Å². The van der Waals surface area contributed by atoms with E-state index in [-0.39, 0.29) is 12.0 Å². The lowest BCUT2D eigenvalue weighted by Crippen LogP contribution is -2.25. The summed E-state index contributed by atoms with van der Waals surface area (Å²) in [5, 5.41) is 7.52. The van der Waals surface area contributed by atoms with Gasteiger partial charge in [0.05, 0.1) is 17.4 Å². The Morgan fingerprint density at radius 1 is 1.30 bits per heavy atom. The summed E-state index contributed by atoms with van der Waals surface area (Å²) in [7, 11) is 1.58. The molecule has 1 aromatic carbocycles. The summed E-state index contributed by atoms with van der Waals surface area (Å²) in [6.07, 6.45) is -3.40. The minimum absolute atomic E-state index is 0.0367. The highest BCUT2D eigenvalue weighted by atomic mass is 19.4. The zero-order valence-electron chi connectivity index (χ0n) is 15.4. The first-order chi connectivity index (χ1) is 12.8. The average molecular weight is 383 g/mol. The summed E-state index contributed by atoms with van der Waals surface area (Å²) >= 11 is 0. The highest BCUT2D eigenvalue weighted by Crippen LogP contribution is 2.34. The molecule has 0 aliphatic carbocycles. The molecule has 1 fully saturated rings. The van der Waals surface area contributed by atoms with E-state index in [1.807, 2.05) is 18.2 Å². The number of halogens is 3. The summed E-state index contributed by atoms with van der Waals surface area (Å²) in [4.78, 5) is 0. The van der Waals surface area contributed by atoms with E-state index in [1.54, 1.807) is 14.0 Å². The van der Waals surface area contributed by atoms with Gasteiger partial charge >= 0.3 is 6.18 Å². The van der Waals surface area contributed by atoms with Crippen LogP contribution in [0.4, 0.5) is 13.2 Å². The average Bonchev–Trinajstić information content (AvgIpc) is 3.18. The molecule has 2 aromatic rings. The zero-order chi connectivity index (χ0) is 19.4. The number of aromatic nitrogens is 2. The van der Waals surface area contributed by atoms with Crippen molar-refractivity contribution in [3.63, 3.8) is 0 Å². The van der Waals surface area contributed by atoms with Gasteiger partial charge < -0.3 is 14.8 Å². The summed E-state index contributed by atoms with van der Waals surface area (Å²) in [5.74, 6) is 0.462. The highest BCUT2D eigenvalue weighted by Gasteiger charge is 2.31. The fourth-order valence-electron chi connectivity index (χ4n) is 3.45. The van der Waals surface area contributed by atoms with Crippen LogP contribution in [0.3, 0.4) is 0 Å². The maximum atomic E-state index is 12.5.